The lowest BCUT2D eigenvalue weighted by Gasteiger charge is -2.27. The number of aliphatic carboxylic acids is 1. The van der Waals surface area contributed by atoms with Gasteiger partial charge in [-0.3, -0.25) is 4.79 Å². The molecule has 1 aliphatic heterocycles. The molecule has 3 N–H and O–H groups in total. The van der Waals surface area contributed by atoms with Crippen LogP contribution in [0.3, 0.4) is 0 Å². The number of carboxylic acid groups (broad SMARTS) is 1. The molecule has 1 fully saturated rings. The van der Waals surface area contributed by atoms with Crippen LogP contribution in [0.4, 0.5) is 10.5 Å². The second kappa shape index (κ2) is 7.86. The topological polar surface area (TPSA) is 96.9 Å². The number of nitrogens with one attached hydrogen (secondary N) is 2. The number of carbonyl (C=O) groups is 2. The summed E-state index contributed by atoms with van der Waals surface area (Å²) in [6, 6.07) is 3.37. The highest BCUT2D eigenvalue weighted by atomic mass is 32.2. The molecule has 1 aromatic rings. The minimum absolute atomic E-state index is 0.00513. The van der Waals surface area contributed by atoms with Crippen molar-refractivity contribution in [2.75, 3.05) is 24.8 Å². The summed E-state index contributed by atoms with van der Waals surface area (Å²) in [4.78, 5) is 24.2. The van der Waals surface area contributed by atoms with E-state index in [0.29, 0.717) is 56.1 Å². The first-order valence-electron chi connectivity index (χ1n) is 8.34. The van der Waals surface area contributed by atoms with Crippen molar-refractivity contribution >= 4 is 29.4 Å². The zero-order chi connectivity index (χ0) is 17.8. The third-order valence-corrected chi connectivity index (χ3v) is 5.30. The molecule has 1 aromatic carbocycles. The molecule has 25 heavy (non-hydrogen) atoms. The van der Waals surface area contributed by atoms with Crippen LogP contribution in [0.1, 0.15) is 25.7 Å². The zero-order valence-corrected chi connectivity index (χ0v) is 14.9. The standard InChI is InChI=1S/C17H22N2O5S/c1-25-15-9-14-13(23-6-7-24-14)8-12(15)19-17(22)18-11-4-2-10(3-5-11)16(20)21/h8-11H,2-7H2,1H3,(H,20,21)(H2,18,19,22). The number of carboxylic acids is 1. The van der Waals surface area contributed by atoms with Crippen LogP contribution in [0.2, 0.25) is 0 Å². The van der Waals surface area contributed by atoms with E-state index >= 15 is 0 Å². The highest BCUT2D eigenvalue weighted by molar-refractivity contribution is 7.98. The lowest BCUT2D eigenvalue weighted by molar-refractivity contribution is -0.142. The van der Waals surface area contributed by atoms with Gasteiger partial charge in [-0.1, -0.05) is 0 Å². The summed E-state index contributed by atoms with van der Waals surface area (Å²) in [6.07, 6.45) is 4.49. The number of ether oxygens (including phenoxy) is 2. The van der Waals surface area contributed by atoms with E-state index in [1.165, 1.54) is 11.8 Å². The number of anilines is 1. The van der Waals surface area contributed by atoms with Crippen molar-refractivity contribution in [1.82, 2.24) is 5.32 Å². The van der Waals surface area contributed by atoms with Crippen LogP contribution in [-0.2, 0) is 4.79 Å². The van der Waals surface area contributed by atoms with Crippen LogP contribution < -0.4 is 20.1 Å². The maximum absolute atomic E-state index is 12.3. The maximum Gasteiger partial charge on any atom is 0.319 e. The molecular formula is C17H22N2O5S. The zero-order valence-electron chi connectivity index (χ0n) is 14.0. The Bertz CT molecular complexity index is 659. The molecule has 1 aliphatic carbocycles. The van der Waals surface area contributed by atoms with Crippen molar-refractivity contribution in [2.45, 2.75) is 36.6 Å². The predicted octanol–water partition coefficient (Wildman–Crippen LogP) is 2.94. The Morgan fingerprint density at radius 3 is 2.36 bits per heavy atom. The number of benzene rings is 1. The van der Waals surface area contributed by atoms with Gasteiger partial charge in [0.05, 0.1) is 11.6 Å². The van der Waals surface area contributed by atoms with E-state index in [0.717, 1.165) is 4.90 Å². The molecule has 2 amide bonds. The number of rotatable bonds is 4. The molecule has 0 atom stereocenters. The highest BCUT2D eigenvalue weighted by Gasteiger charge is 2.27. The number of fused-ring (bicyclic) bond motifs is 1. The fourth-order valence-corrected chi connectivity index (χ4v) is 3.72. The number of thioether (sulfide) groups is 1. The molecule has 1 saturated carbocycles. The van der Waals surface area contributed by atoms with Crippen LogP contribution >= 0.6 is 11.8 Å². The van der Waals surface area contributed by atoms with Crippen LogP contribution in [0.5, 0.6) is 11.5 Å². The van der Waals surface area contributed by atoms with Crippen molar-refractivity contribution in [3.63, 3.8) is 0 Å². The van der Waals surface area contributed by atoms with E-state index in [2.05, 4.69) is 10.6 Å². The second-order valence-electron chi connectivity index (χ2n) is 6.18. The van der Waals surface area contributed by atoms with Gasteiger partial charge in [-0.15, -0.1) is 11.8 Å². The number of hydrogen-bond acceptors (Lipinski definition) is 5. The minimum Gasteiger partial charge on any atom is -0.486 e. The molecule has 0 saturated heterocycles. The first kappa shape index (κ1) is 17.7. The summed E-state index contributed by atoms with van der Waals surface area (Å²) in [5.74, 6) is 0.278. The van der Waals surface area contributed by atoms with Crippen molar-refractivity contribution < 1.29 is 24.2 Å². The summed E-state index contributed by atoms with van der Waals surface area (Å²) in [6.45, 7) is 1.01. The molecule has 0 radical (unpaired) electrons. The molecule has 0 bridgehead atoms. The Labute approximate surface area is 150 Å². The van der Waals surface area contributed by atoms with Gasteiger partial charge >= 0.3 is 12.0 Å². The Morgan fingerprint density at radius 1 is 1.12 bits per heavy atom. The molecule has 3 rings (SSSR count). The van der Waals surface area contributed by atoms with Crippen molar-refractivity contribution in [3.8, 4) is 11.5 Å². The van der Waals surface area contributed by atoms with E-state index in [4.69, 9.17) is 14.6 Å². The summed E-state index contributed by atoms with van der Waals surface area (Å²) in [5.41, 5.74) is 0.675. The van der Waals surface area contributed by atoms with E-state index in [1.54, 1.807) is 6.07 Å². The van der Waals surface area contributed by atoms with Gasteiger partial charge in [0.25, 0.3) is 0 Å². The molecule has 1 heterocycles. The first-order chi connectivity index (χ1) is 12.1. The SMILES string of the molecule is CSc1cc2c(cc1NC(=O)NC1CCC(C(=O)O)CC1)OCCO2. The summed E-state index contributed by atoms with van der Waals surface area (Å²) < 4.78 is 11.1. The van der Waals surface area contributed by atoms with E-state index in [-0.39, 0.29) is 18.0 Å². The lowest BCUT2D eigenvalue weighted by Crippen LogP contribution is -2.41. The molecular weight excluding hydrogens is 344 g/mol. The maximum atomic E-state index is 12.3. The second-order valence-corrected chi connectivity index (χ2v) is 7.03. The van der Waals surface area contributed by atoms with Crippen LogP contribution in [0.15, 0.2) is 17.0 Å². The molecule has 0 unspecified atom stereocenters. The monoisotopic (exact) mass is 366 g/mol. The smallest absolute Gasteiger partial charge is 0.319 e. The molecule has 0 spiro atoms. The first-order valence-corrected chi connectivity index (χ1v) is 9.57. The van der Waals surface area contributed by atoms with Crippen LogP contribution in [0, 0.1) is 5.92 Å². The number of amides is 2. The molecule has 2 aliphatic rings. The number of urea groups is 1. The molecule has 8 heteroatoms. The number of carbonyl (C=O) groups excluding carboxylic acids is 1. The average molecular weight is 366 g/mol. The van der Waals surface area contributed by atoms with Crippen molar-refractivity contribution in [2.24, 2.45) is 5.92 Å². The number of hydrogen-bond donors (Lipinski definition) is 3. The van der Waals surface area contributed by atoms with Crippen LogP contribution in [-0.4, -0.2) is 42.6 Å². The summed E-state index contributed by atoms with van der Waals surface area (Å²) in [7, 11) is 0. The van der Waals surface area contributed by atoms with Crippen LogP contribution in [0.25, 0.3) is 0 Å². The fraction of sp³-hybridized carbons (Fsp3) is 0.529. The van der Waals surface area contributed by atoms with Gasteiger partial charge in [-0.05, 0) is 38.0 Å². The van der Waals surface area contributed by atoms with Gasteiger partial charge in [0, 0.05) is 17.0 Å². The largest absolute Gasteiger partial charge is 0.486 e. The third-order valence-electron chi connectivity index (χ3n) is 4.52. The summed E-state index contributed by atoms with van der Waals surface area (Å²) >= 11 is 1.52. The molecule has 0 aromatic heterocycles. The van der Waals surface area contributed by atoms with Crippen molar-refractivity contribution in [3.05, 3.63) is 12.1 Å². The fourth-order valence-electron chi connectivity index (χ4n) is 3.17. The van der Waals surface area contributed by atoms with Gasteiger partial charge in [-0.2, -0.15) is 0 Å². The van der Waals surface area contributed by atoms with E-state index in [1.807, 2.05) is 12.3 Å². The van der Waals surface area contributed by atoms with Crippen molar-refractivity contribution in [1.29, 1.82) is 0 Å². The lowest BCUT2D eigenvalue weighted by atomic mass is 9.86. The van der Waals surface area contributed by atoms with E-state index < -0.39 is 5.97 Å². The van der Waals surface area contributed by atoms with E-state index in [9.17, 15) is 9.59 Å². The van der Waals surface area contributed by atoms with Gasteiger partial charge in [0.15, 0.2) is 11.5 Å². The van der Waals surface area contributed by atoms with Gasteiger partial charge in [-0.25, -0.2) is 4.79 Å². The van der Waals surface area contributed by atoms with Gasteiger partial charge in [0.2, 0.25) is 0 Å². The summed E-state index contributed by atoms with van der Waals surface area (Å²) in [5, 5.41) is 14.8. The third kappa shape index (κ3) is 4.31. The Kier molecular flexibility index (Phi) is 5.57. The Morgan fingerprint density at radius 2 is 1.76 bits per heavy atom. The Hall–Kier alpha value is -2.09. The Balaban J connectivity index is 1.60. The molecule has 136 valence electrons. The predicted molar refractivity (Wildman–Crippen MR) is 94.7 cm³/mol. The van der Waals surface area contributed by atoms with Gasteiger partial charge < -0.3 is 25.2 Å². The van der Waals surface area contributed by atoms with Gasteiger partial charge in [0.1, 0.15) is 13.2 Å². The quantitative estimate of drug-likeness (QED) is 0.709. The molecule has 7 nitrogen and oxygen atoms in total. The highest BCUT2D eigenvalue weighted by Crippen LogP contribution is 2.39. The minimum atomic E-state index is -0.746. The normalized spacial score (nSPS) is 22.1. The average Bonchev–Trinajstić information content (AvgIpc) is 2.61.